The Morgan fingerprint density at radius 2 is 1.89 bits per heavy atom. The number of hydrogen-bond acceptors (Lipinski definition) is 2. The highest BCUT2D eigenvalue weighted by Crippen LogP contribution is 2.29. The van der Waals surface area contributed by atoms with Crippen molar-refractivity contribution in [3.63, 3.8) is 0 Å². The Morgan fingerprint density at radius 3 is 2.64 bits per heavy atom. The summed E-state index contributed by atoms with van der Waals surface area (Å²) in [4.78, 5) is 6.79. The van der Waals surface area contributed by atoms with E-state index in [0.29, 0.717) is 6.04 Å². The van der Waals surface area contributed by atoms with Gasteiger partial charge >= 0.3 is 0 Å². The molecule has 4 nitrogen and oxygen atoms in total. The van der Waals surface area contributed by atoms with Gasteiger partial charge in [0.25, 0.3) is 0 Å². The predicted octanol–water partition coefficient (Wildman–Crippen LogP) is 5.13. The first-order valence-corrected chi connectivity index (χ1v) is 10.1. The fourth-order valence-corrected chi connectivity index (χ4v) is 4.35. The Hall–Kier alpha value is -2.47. The van der Waals surface area contributed by atoms with Gasteiger partial charge in [0.05, 0.1) is 11.0 Å². The lowest BCUT2D eigenvalue weighted by Crippen LogP contribution is -2.41. The van der Waals surface area contributed by atoms with Crippen LogP contribution in [0.25, 0.3) is 11.0 Å². The zero-order valence-corrected chi connectivity index (χ0v) is 17.3. The van der Waals surface area contributed by atoms with Crippen molar-refractivity contribution in [1.29, 1.82) is 0 Å². The number of aromatic nitrogens is 2. The first-order chi connectivity index (χ1) is 13.4. The molecule has 0 amide bonds. The lowest BCUT2D eigenvalue weighted by atomic mass is 10.0. The molecule has 0 spiro atoms. The van der Waals surface area contributed by atoms with Crippen molar-refractivity contribution < 1.29 is 4.39 Å². The van der Waals surface area contributed by atoms with Crippen LogP contribution in [0, 0.1) is 26.6 Å². The van der Waals surface area contributed by atoms with Crippen molar-refractivity contribution in [3.8, 4) is 0 Å². The van der Waals surface area contributed by atoms with E-state index >= 15 is 0 Å². The average molecular weight is 397 g/mol. The molecular formula is C22H25FN4S. The van der Waals surface area contributed by atoms with E-state index in [1.54, 1.807) is 0 Å². The largest absolute Gasteiger partial charge is 0.349 e. The summed E-state index contributed by atoms with van der Waals surface area (Å²) in [7, 11) is 0. The fourth-order valence-electron chi connectivity index (χ4n) is 4.06. The van der Waals surface area contributed by atoms with Crippen molar-refractivity contribution in [1.82, 2.24) is 14.5 Å². The number of fused-ring (bicyclic) bond motifs is 1. The summed E-state index contributed by atoms with van der Waals surface area (Å²) in [6.07, 6.45) is 1.97. The van der Waals surface area contributed by atoms with Crippen molar-refractivity contribution in [2.24, 2.45) is 0 Å². The number of halogens is 1. The van der Waals surface area contributed by atoms with Crippen LogP contribution in [0.1, 0.15) is 35.8 Å². The van der Waals surface area contributed by atoms with Gasteiger partial charge in [0.2, 0.25) is 0 Å². The summed E-state index contributed by atoms with van der Waals surface area (Å²) >= 11 is 5.67. The average Bonchev–Trinajstić information content (AvgIpc) is 3.00. The third-order valence-corrected chi connectivity index (χ3v) is 6.15. The number of aryl methyl sites for hydroxylation is 2. The maximum atomic E-state index is 13.5. The number of imidazole rings is 1. The molecule has 1 aromatic heterocycles. The van der Waals surface area contributed by atoms with Crippen LogP contribution in [0.4, 0.5) is 10.1 Å². The smallest absolute Gasteiger partial charge is 0.173 e. The monoisotopic (exact) mass is 396 g/mol. The van der Waals surface area contributed by atoms with Crippen LogP contribution < -0.4 is 5.32 Å². The van der Waals surface area contributed by atoms with Gasteiger partial charge in [0, 0.05) is 30.9 Å². The molecule has 146 valence electrons. The van der Waals surface area contributed by atoms with Gasteiger partial charge in [0.1, 0.15) is 11.6 Å². The zero-order valence-electron chi connectivity index (χ0n) is 16.5. The number of piperidine rings is 1. The van der Waals surface area contributed by atoms with Crippen molar-refractivity contribution in [2.75, 3.05) is 18.4 Å². The number of nitrogens with one attached hydrogen (secondary N) is 1. The lowest BCUT2D eigenvalue weighted by Gasteiger charge is -2.35. The summed E-state index contributed by atoms with van der Waals surface area (Å²) in [5.74, 6) is 0.699. The molecule has 28 heavy (non-hydrogen) atoms. The van der Waals surface area contributed by atoms with Crippen molar-refractivity contribution in [3.05, 3.63) is 59.2 Å². The molecule has 0 bridgehead atoms. The second-order valence-corrected chi connectivity index (χ2v) is 7.94. The van der Waals surface area contributed by atoms with Crippen molar-refractivity contribution >= 4 is 34.1 Å². The molecule has 0 unspecified atom stereocenters. The third kappa shape index (κ3) is 3.49. The van der Waals surface area contributed by atoms with Gasteiger partial charge < -0.3 is 14.8 Å². The normalized spacial score (nSPS) is 15.2. The molecule has 0 atom stereocenters. The molecule has 1 fully saturated rings. The summed E-state index contributed by atoms with van der Waals surface area (Å²) in [5, 5.41) is 4.19. The van der Waals surface area contributed by atoms with E-state index in [0.717, 1.165) is 53.6 Å². The topological polar surface area (TPSA) is 33.1 Å². The number of benzene rings is 2. The minimum absolute atomic E-state index is 0.241. The third-order valence-electron chi connectivity index (χ3n) is 5.79. The number of anilines is 1. The Bertz CT molecular complexity index is 1030. The summed E-state index contributed by atoms with van der Waals surface area (Å²) < 4.78 is 15.8. The molecule has 1 saturated heterocycles. The molecular weight excluding hydrogens is 371 g/mol. The Labute approximate surface area is 170 Å². The van der Waals surface area contributed by atoms with E-state index in [1.165, 1.54) is 23.3 Å². The maximum Gasteiger partial charge on any atom is 0.173 e. The molecule has 4 rings (SSSR count). The summed E-state index contributed by atoms with van der Waals surface area (Å²) in [6, 6.07) is 11.4. The molecule has 2 heterocycles. The van der Waals surface area contributed by atoms with E-state index < -0.39 is 0 Å². The molecule has 1 aliphatic heterocycles. The van der Waals surface area contributed by atoms with Crippen LogP contribution in [0.3, 0.4) is 0 Å². The molecule has 0 radical (unpaired) electrons. The van der Waals surface area contributed by atoms with Gasteiger partial charge in [-0.05, 0) is 75.2 Å². The lowest BCUT2D eigenvalue weighted by molar-refractivity contribution is 0.270. The number of nitrogens with zero attached hydrogens (tertiary/aromatic N) is 3. The molecule has 0 aliphatic carbocycles. The minimum Gasteiger partial charge on any atom is -0.349 e. The molecule has 1 N–H and O–H groups in total. The number of hydrogen-bond donors (Lipinski definition) is 1. The van der Waals surface area contributed by atoms with Gasteiger partial charge in [-0.25, -0.2) is 9.37 Å². The molecule has 0 saturated carbocycles. The van der Waals surface area contributed by atoms with Crippen LogP contribution in [0.2, 0.25) is 0 Å². The fraction of sp³-hybridized carbons (Fsp3) is 0.364. The first kappa shape index (κ1) is 18.9. The zero-order chi connectivity index (χ0) is 19.8. The second-order valence-electron chi connectivity index (χ2n) is 7.56. The minimum atomic E-state index is -0.241. The maximum absolute atomic E-state index is 13.5. The van der Waals surface area contributed by atoms with Crippen LogP contribution in [0.15, 0.2) is 36.4 Å². The Morgan fingerprint density at radius 1 is 1.14 bits per heavy atom. The second kappa shape index (κ2) is 7.51. The molecule has 2 aromatic carbocycles. The van der Waals surface area contributed by atoms with Crippen LogP contribution in [-0.2, 0) is 0 Å². The highest BCUT2D eigenvalue weighted by Gasteiger charge is 2.25. The molecule has 1 aliphatic rings. The first-order valence-electron chi connectivity index (χ1n) is 9.70. The molecule has 6 heteroatoms. The Balaban J connectivity index is 1.46. The van der Waals surface area contributed by atoms with Crippen LogP contribution in [0.5, 0.6) is 0 Å². The standard InChI is InChI=1S/C22H25FN4S/c1-14-5-4-6-19(15(14)2)25-22(28)26-11-9-18(10-12-26)27-16(3)24-20-13-17(23)7-8-21(20)27/h4-8,13,18H,9-12H2,1-3H3,(H,25,28). The molecule has 3 aromatic rings. The van der Waals surface area contributed by atoms with Gasteiger partial charge in [-0.3, -0.25) is 0 Å². The highest BCUT2D eigenvalue weighted by atomic mass is 32.1. The quantitative estimate of drug-likeness (QED) is 0.609. The Kier molecular flexibility index (Phi) is 5.06. The van der Waals surface area contributed by atoms with E-state index in [4.69, 9.17) is 12.2 Å². The van der Waals surface area contributed by atoms with Gasteiger partial charge in [-0.1, -0.05) is 12.1 Å². The van der Waals surface area contributed by atoms with Crippen molar-refractivity contribution in [2.45, 2.75) is 39.7 Å². The van der Waals surface area contributed by atoms with Crippen LogP contribution >= 0.6 is 12.2 Å². The number of rotatable bonds is 2. The number of thiocarbonyl (C=S) groups is 1. The SMILES string of the molecule is Cc1cccc(NC(=S)N2CCC(n3c(C)nc4cc(F)ccc43)CC2)c1C. The van der Waals surface area contributed by atoms with E-state index in [9.17, 15) is 4.39 Å². The highest BCUT2D eigenvalue weighted by molar-refractivity contribution is 7.80. The van der Waals surface area contributed by atoms with E-state index in [1.807, 2.05) is 13.0 Å². The number of likely N-dealkylation sites (tertiary alicyclic amines) is 1. The van der Waals surface area contributed by atoms with Gasteiger partial charge in [-0.2, -0.15) is 0 Å². The van der Waals surface area contributed by atoms with Gasteiger partial charge in [-0.15, -0.1) is 0 Å². The summed E-state index contributed by atoms with van der Waals surface area (Å²) in [5.41, 5.74) is 5.30. The van der Waals surface area contributed by atoms with Gasteiger partial charge in [0.15, 0.2) is 5.11 Å². The summed E-state index contributed by atoms with van der Waals surface area (Å²) in [6.45, 7) is 8.00. The predicted molar refractivity (Wildman–Crippen MR) is 116 cm³/mol. The van der Waals surface area contributed by atoms with Crippen LogP contribution in [-0.4, -0.2) is 32.7 Å². The van der Waals surface area contributed by atoms with E-state index in [-0.39, 0.29) is 5.82 Å². The van der Waals surface area contributed by atoms with E-state index in [2.05, 4.69) is 51.8 Å².